The van der Waals surface area contributed by atoms with E-state index in [0.717, 1.165) is 22.3 Å². The summed E-state index contributed by atoms with van der Waals surface area (Å²) in [4.78, 5) is 13.6. The fourth-order valence-electron chi connectivity index (χ4n) is 7.61. The van der Waals surface area contributed by atoms with Gasteiger partial charge in [-0.3, -0.25) is 0 Å². The van der Waals surface area contributed by atoms with Crippen LogP contribution in [0.25, 0.3) is 0 Å². The number of carbonyl (C=O) groups is 1. The minimum Gasteiger partial charge on any atom is -0.453 e. The zero-order chi connectivity index (χ0) is 40.8. The van der Waals surface area contributed by atoms with Gasteiger partial charge in [-0.25, -0.2) is 4.79 Å². The summed E-state index contributed by atoms with van der Waals surface area (Å²) in [5, 5.41) is 10.5. The first kappa shape index (κ1) is 42.4. The van der Waals surface area contributed by atoms with Crippen LogP contribution in [0.5, 0.6) is 0 Å². The van der Waals surface area contributed by atoms with Gasteiger partial charge < -0.3 is 43.0 Å². The highest BCUT2D eigenvalue weighted by Gasteiger charge is 2.53. The third kappa shape index (κ3) is 11.5. The largest absolute Gasteiger partial charge is 0.453 e. The average Bonchev–Trinajstić information content (AvgIpc) is 3.28. The van der Waals surface area contributed by atoms with Crippen LogP contribution in [0.4, 0.5) is 0 Å². The van der Waals surface area contributed by atoms with Crippen LogP contribution in [-0.4, -0.2) is 79.4 Å². The summed E-state index contributed by atoms with van der Waals surface area (Å²) in [6, 6.07) is 48.5. The van der Waals surface area contributed by atoms with Gasteiger partial charge in [0.2, 0.25) is 0 Å². The molecule has 0 bridgehead atoms. The number of benzene rings is 5. The highest BCUT2D eigenvalue weighted by atomic mass is 16.7. The summed E-state index contributed by atoms with van der Waals surface area (Å²) in [6.45, 7) is 4.76. The number of aliphatic hydroxyl groups is 1. The Labute approximate surface area is 346 Å². The van der Waals surface area contributed by atoms with Crippen molar-refractivity contribution in [3.8, 4) is 0 Å². The predicted octanol–water partition coefficient (Wildman–Crippen LogP) is 7.71. The molecule has 2 aliphatic rings. The van der Waals surface area contributed by atoms with E-state index in [1.165, 1.54) is 0 Å². The highest BCUT2D eigenvalue weighted by Crippen LogP contribution is 2.37. The van der Waals surface area contributed by atoms with Crippen molar-refractivity contribution in [2.24, 2.45) is 5.92 Å². The number of hydrogen-bond donors (Lipinski definition) is 1. The lowest BCUT2D eigenvalue weighted by Crippen LogP contribution is -2.64. The highest BCUT2D eigenvalue weighted by molar-refractivity contribution is 5.89. The second kappa shape index (κ2) is 21.5. The average molecular weight is 803 g/mol. The Morgan fingerprint density at radius 2 is 0.983 bits per heavy atom. The first-order chi connectivity index (χ1) is 29.0. The minimum atomic E-state index is -1.06. The number of carbonyl (C=O) groups excluding carboxylic acids is 1. The molecule has 2 saturated heterocycles. The molecule has 2 heterocycles. The molecule has 7 rings (SSSR count). The Morgan fingerprint density at radius 3 is 1.49 bits per heavy atom. The SMILES string of the molecule is CC1OC(CO)C(C)C(OC2OC(COCc3ccccc3)C(OCc3ccccc3)C(OCc3ccccc3)C2OCc2ccccc2)C1OC(=O)c1ccccc1. The monoisotopic (exact) mass is 802 g/mol. The molecular weight excluding hydrogens is 749 g/mol. The number of esters is 1. The van der Waals surface area contributed by atoms with E-state index in [1.54, 1.807) is 24.3 Å². The lowest BCUT2D eigenvalue weighted by molar-refractivity contribution is -0.353. The Morgan fingerprint density at radius 1 is 0.525 bits per heavy atom. The van der Waals surface area contributed by atoms with Crippen molar-refractivity contribution < 1.29 is 47.8 Å². The van der Waals surface area contributed by atoms with Crippen molar-refractivity contribution in [1.82, 2.24) is 0 Å². The van der Waals surface area contributed by atoms with E-state index in [2.05, 4.69) is 0 Å². The molecule has 1 N–H and O–H groups in total. The zero-order valence-electron chi connectivity index (χ0n) is 33.6. The number of hydrogen-bond acceptors (Lipinski definition) is 10. The Bertz CT molecular complexity index is 1950. The summed E-state index contributed by atoms with van der Waals surface area (Å²) in [5.41, 5.74) is 4.33. The quantitative estimate of drug-likeness (QED) is 0.0885. The normalized spacial score (nSPS) is 26.9. The van der Waals surface area contributed by atoms with Crippen LogP contribution in [0.2, 0.25) is 0 Å². The van der Waals surface area contributed by atoms with Crippen LogP contribution in [0.1, 0.15) is 46.5 Å². The van der Waals surface area contributed by atoms with Gasteiger partial charge in [0.25, 0.3) is 0 Å². The molecule has 0 saturated carbocycles. The van der Waals surface area contributed by atoms with Crippen molar-refractivity contribution in [3.63, 3.8) is 0 Å². The van der Waals surface area contributed by atoms with Crippen LogP contribution in [0.3, 0.4) is 0 Å². The van der Waals surface area contributed by atoms with E-state index in [-0.39, 0.29) is 33.0 Å². The molecule has 2 aliphatic heterocycles. The number of aliphatic hydroxyl groups excluding tert-OH is 1. The van der Waals surface area contributed by atoms with Gasteiger partial charge in [0.15, 0.2) is 12.4 Å². The second-order valence-electron chi connectivity index (χ2n) is 15.1. The first-order valence-corrected chi connectivity index (χ1v) is 20.4. The van der Waals surface area contributed by atoms with E-state index in [1.807, 2.05) is 141 Å². The van der Waals surface area contributed by atoms with Gasteiger partial charge in [0.1, 0.15) is 30.5 Å². The fourth-order valence-corrected chi connectivity index (χ4v) is 7.61. The smallest absolute Gasteiger partial charge is 0.338 e. The van der Waals surface area contributed by atoms with E-state index < -0.39 is 67.0 Å². The molecule has 0 amide bonds. The fraction of sp³-hybridized carbons (Fsp3) is 0.367. The summed E-state index contributed by atoms with van der Waals surface area (Å²) in [6.07, 6.45) is -6.82. The van der Waals surface area contributed by atoms with Gasteiger partial charge in [-0.1, -0.05) is 146 Å². The molecule has 0 spiro atoms. The molecule has 10 heteroatoms. The number of rotatable bonds is 18. The summed E-state index contributed by atoms with van der Waals surface area (Å²) in [5.74, 6) is -0.937. The van der Waals surface area contributed by atoms with Crippen molar-refractivity contribution in [2.45, 2.75) is 95.4 Å². The summed E-state index contributed by atoms with van der Waals surface area (Å²) in [7, 11) is 0. The van der Waals surface area contributed by atoms with Crippen molar-refractivity contribution in [2.75, 3.05) is 13.2 Å². The minimum absolute atomic E-state index is 0.149. The van der Waals surface area contributed by atoms with Crippen molar-refractivity contribution in [1.29, 1.82) is 0 Å². The van der Waals surface area contributed by atoms with Crippen molar-refractivity contribution >= 4 is 5.97 Å². The Hall–Kier alpha value is -4.75. The van der Waals surface area contributed by atoms with E-state index in [9.17, 15) is 9.90 Å². The second-order valence-corrected chi connectivity index (χ2v) is 15.1. The van der Waals surface area contributed by atoms with E-state index in [0.29, 0.717) is 12.2 Å². The van der Waals surface area contributed by atoms with Crippen LogP contribution < -0.4 is 0 Å². The molecule has 5 aromatic carbocycles. The maximum absolute atomic E-state index is 13.6. The van der Waals surface area contributed by atoms with Gasteiger partial charge in [0.05, 0.1) is 57.4 Å². The van der Waals surface area contributed by atoms with Crippen LogP contribution in [0, 0.1) is 5.92 Å². The van der Waals surface area contributed by atoms with Gasteiger partial charge in [0, 0.05) is 5.92 Å². The van der Waals surface area contributed by atoms with Crippen LogP contribution >= 0.6 is 0 Å². The Balaban J connectivity index is 1.25. The maximum atomic E-state index is 13.6. The molecule has 10 atom stereocenters. The molecule has 59 heavy (non-hydrogen) atoms. The third-order valence-corrected chi connectivity index (χ3v) is 10.8. The molecule has 0 aromatic heterocycles. The van der Waals surface area contributed by atoms with Gasteiger partial charge in [-0.05, 0) is 41.3 Å². The first-order valence-electron chi connectivity index (χ1n) is 20.4. The van der Waals surface area contributed by atoms with Gasteiger partial charge >= 0.3 is 5.97 Å². The molecule has 10 unspecified atom stereocenters. The third-order valence-electron chi connectivity index (χ3n) is 10.8. The Kier molecular flexibility index (Phi) is 15.4. The van der Waals surface area contributed by atoms with Gasteiger partial charge in [-0.2, -0.15) is 0 Å². The van der Waals surface area contributed by atoms with Crippen molar-refractivity contribution in [3.05, 3.63) is 179 Å². The molecule has 0 radical (unpaired) electrons. The standard InChI is InChI=1S/C49H54O10/c1-34-41(28-50)56-35(2)44(58-48(51)40-26-16-7-17-27-40)43(34)59-49-47(55-32-39-24-14-6-15-25-39)46(54-31-38-22-12-5-13-23-38)45(53-30-37-20-10-4-11-21-37)42(57-49)33-52-29-36-18-8-3-9-19-36/h3-27,34-35,41-47,49-50H,28-33H2,1-2H3. The van der Waals surface area contributed by atoms with Crippen LogP contribution in [-0.2, 0) is 64.3 Å². The predicted molar refractivity (Wildman–Crippen MR) is 221 cm³/mol. The molecule has 310 valence electrons. The van der Waals surface area contributed by atoms with E-state index in [4.69, 9.17) is 37.9 Å². The topological polar surface area (TPSA) is 111 Å². The summed E-state index contributed by atoms with van der Waals surface area (Å²) < 4.78 is 53.4. The molecule has 10 nitrogen and oxygen atoms in total. The molecule has 2 fully saturated rings. The lowest BCUT2D eigenvalue weighted by Gasteiger charge is -2.49. The number of ether oxygens (including phenoxy) is 8. The maximum Gasteiger partial charge on any atom is 0.338 e. The lowest BCUT2D eigenvalue weighted by atomic mass is 9.88. The zero-order valence-corrected chi connectivity index (χ0v) is 33.6. The molecular formula is C49H54O10. The molecule has 0 aliphatic carbocycles. The van der Waals surface area contributed by atoms with E-state index >= 15 is 0 Å². The molecule has 5 aromatic rings. The van der Waals surface area contributed by atoms with Crippen LogP contribution in [0.15, 0.2) is 152 Å². The van der Waals surface area contributed by atoms with Gasteiger partial charge in [-0.15, -0.1) is 0 Å². The summed E-state index contributed by atoms with van der Waals surface area (Å²) >= 11 is 0.